The summed E-state index contributed by atoms with van der Waals surface area (Å²) in [4.78, 5) is 20.9. The van der Waals surface area contributed by atoms with Crippen LogP contribution in [-0.4, -0.2) is 48.4 Å². The maximum Gasteiger partial charge on any atom is 0.150 e. The second-order valence-electron chi connectivity index (χ2n) is 11.7. The minimum atomic E-state index is 0.300. The molecule has 8 heteroatoms. The molecule has 1 aliphatic rings. The summed E-state index contributed by atoms with van der Waals surface area (Å²) < 4.78 is 2.27. The molecule has 4 heterocycles. The largest absolute Gasteiger partial charge is 0.382 e. The molecule has 6 aromatic rings. The lowest BCUT2D eigenvalue weighted by Gasteiger charge is -2.30. The number of aromatic amines is 1. The Morgan fingerprint density at radius 2 is 1.79 bits per heavy atom. The number of nitrogen functional groups attached to an aromatic ring is 1. The lowest BCUT2D eigenvalue weighted by molar-refractivity contribution is 0.202. The number of H-pyrrole nitrogens is 1. The van der Waals surface area contributed by atoms with E-state index in [4.69, 9.17) is 21.4 Å². The van der Waals surface area contributed by atoms with Gasteiger partial charge in [-0.3, -0.25) is 9.30 Å². The molecule has 1 saturated heterocycles. The number of anilines is 1. The molecule has 1 aliphatic heterocycles. The summed E-state index contributed by atoms with van der Waals surface area (Å²) in [6.07, 6.45) is 6.55. The highest BCUT2D eigenvalue weighted by Crippen LogP contribution is 2.36. The van der Waals surface area contributed by atoms with Crippen molar-refractivity contribution in [3.63, 3.8) is 0 Å². The number of aromatic nitrogens is 5. The zero-order chi connectivity index (χ0) is 28.8. The van der Waals surface area contributed by atoms with Crippen molar-refractivity contribution in [2.45, 2.75) is 58.5 Å². The summed E-state index contributed by atoms with van der Waals surface area (Å²) in [5, 5.41) is 2.35. The highest BCUT2D eigenvalue weighted by Gasteiger charge is 2.23. The van der Waals surface area contributed by atoms with Crippen LogP contribution in [0.4, 0.5) is 5.82 Å². The van der Waals surface area contributed by atoms with Gasteiger partial charge in [-0.1, -0.05) is 55.5 Å². The number of hydrogen-bond acceptors (Lipinski definition) is 6. The number of fused-ring (bicyclic) bond motifs is 3. The number of piperidine rings is 1. The van der Waals surface area contributed by atoms with Gasteiger partial charge in [-0.25, -0.2) is 15.0 Å². The normalized spacial score (nSPS) is 14.9. The predicted octanol–water partition coefficient (Wildman–Crippen LogP) is 5.78. The standard InChI is InChI=1S/C34H38N8/c1-3-7-30-40-32(33-34(36)37-19-24(42(30)33)20-41-16-14-23(35)15-17-41)27-13-12-22(25-9-4-5-10-26(25)27)18-29-38-28-11-6-8-21(2)31(28)39-29/h4-6,8-13,19,23H,3,7,14-18,20,35H2,1-2H3,(H2,36,37)(H,38,39). The van der Waals surface area contributed by atoms with E-state index in [2.05, 4.69) is 87.7 Å². The molecule has 7 rings (SSSR count). The molecule has 3 aromatic carbocycles. The summed E-state index contributed by atoms with van der Waals surface area (Å²) in [5.74, 6) is 2.51. The Balaban J connectivity index is 1.33. The van der Waals surface area contributed by atoms with Gasteiger partial charge < -0.3 is 16.5 Å². The topological polar surface area (TPSA) is 114 Å². The van der Waals surface area contributed by atoms with Crippen molar-refractivity contribution in [2.24, 2.45) is 5.73 Å². The molecular weight excluding hydrogens is 520 g/mol. The van der Waals surface area contributed by atoms with Gasteiger partial charge in [0.1, 0.15) is 28.7 Å². The number of nitrogens with two attached hydrogens (primary N) is 2. The van der Waals surface area contributed by atoms with Gasteiger partial charge in [0.2, 0.25) is 0 Å². The van der Waals surface area contributed by atoms with Crippen LogP contribution in [0.25, 0.3) is 38.6 Å². The first kappa shape index (κ1) is 26.6. The van der Waals surface area contributed by atoms with Crippen LogP contribution in [0.2, 0.25) is 0 Å². The molecule has 1 fully saturated rings. The fourth-order valence-electron chi connectivity index (χ4n) is 6.52. The number of imidazole rings is 2. The number of hydrogen-bond donors (Lipinski definition) is 3. The molecule has 0 aliphatic carbocycles. The van der Waals surface area contributed by atoms with Gasteiger partial charge >= 0.3 is 0 Å². The molecule has 0 radical (unpaired) electrons. The van der Waals surface area contributed by atoms with E-state index in [1.807, 2.05) is 6.20 Å². The maximum atomic E-state index is 6.63. The summed E-state index contributed by atoms with van der Waals surface area (Å²) in [7, 11) is 0. The molecule has 0 saturated carbocycles. The summed E-state index contributed by atoms with van der Waals surface area (Å²) in [6, 6.07) is 19.6. The average molecular weight is 559 g/mol. The molecule has 5 N–H and O–H groups in total. The maximum absolute atomic E-state index is 6.63. The van der Waals surface area contributed by atoms with Crippen LogP contribution in [-0.2, 0) is 19.4 Å². The first-order valence-corrected chi connectivity index (χ1v) is 15.1. The van der Waals surface area contributed by atoms with E-state index in [0.29, 0.717) is 18.3 Å². The zero-order valence-electron chi connectivity index (χ0n) is 24.4. The Hall–Kier alpha value is -4.27. The molecule has 3 aromatic heterocycles. The Labute approximate surface area is 245 Å². The highest BCUT2D eigenvalue weighted by atomic mass is 15.2. The fraction of sp³-hybridized carbons (Fsp3) is 0.324. The lowest BCUT2D eigenvalue weighted by atomic mass is 9.95. The van der Waals surface area contributed by atoms with Gasteiger partial charge in [-0.15, -0.1) is 0 Å². The second-order valence-corrected chi connectivity index (χ2v) is 11.7. The van der Waals surface area contributed by atoms with Gasteiger partial charge in [-0.2, -0.15) is 0 Å². The molecule has 8 nitrogen and oxygen atoms in total. The van der Waals surface area contributed by atoms with E-state index in [9.17, 15) is 0 Å². The van der Waals surface area contributed by atoms with Crippen LogP contribution in [0.3, 0.4) is 0 Å². The van der Waals surface area contributed by atoms with E-state index in [-0.39, 0.29) is 0 Å². The minimum absolute atomic E-state index is 0.300. The number of rotatable bonds is 7. The zero-order valence-corrected chi connectivity index (χ0v) is 24.4. The third-order valence-electron chi connectivity index (χ3n) is 8.71. The molecule has 0 bridgehead atoms. The average Bonchev–Trinajstić information content (AvgIpc) is 3.59. The number of benzene rings is 3. The van der Waals surface area contributed by atoms with E-state index in [0.717, 1.165) is 95.9 Å². The van der Waals surface area contributed by atoms with Crippen LogP contribution in [0.5, 0.6) is 0 Å². The summed E-state index contributed by atoms with van der Waals surface area (Å²) in [5.41, 5.74) is 21.3. The summed E-state index contributed by atoms with van der Waals surface area (Å²) in [6.45, 7) is 7.09. The van der Waals surface area contributed by atoms with E-state index < -0.39 is 0 Å². The first-order chi connectivity index (χ1) is 20.5. The molecule has 0 unspecified atom stereocenters. The van der Waals surface area contributed by atoms with Crippen molar-refractivity contribution in [3.05, 3.63) is 89.3 Å². The lowest BCUT2D eigenvalue weighted by Crippen LogP contribution is -2.39. The number of nitrogens with one attached hydrogen (secondary N) is 1. The SMILES string of the molecule is CCCc1nc(-c2ccc(Cc3nc4c(C)cccc4[nH]3)c3ccccc23)c2c(N)ncc(CN3CCC(N)CC3)n12. The Morgan fingerprint density at radius 1 is 0.976 bits per heavy atom. The van der Waals surface area contributed by atoms with E-state index >= 15 is 0 Å². The molecule has 42 heavy (non-hydrogen) atoms. The third-order valence-corrected chi connectivity index (χ3v) is 8.71. The molecular formula is C34H38N8. The Bertz CT molecular complexity index is 1910. The van der Waals surface area contributed by atoms with Crippen molar-refractivity contribution in [1.82, 2.24) is 29.2 Å². The van der Waals surface area contributed by atoms with Crippen molar-refractivity contribution in [3.8, 4) is 11.3 Å². The van der Waals surface area contributed by atoms with Gasteiger partial charge in [-0.05, 0) is 54.2 Å². The fourth-order valence-corrected chi connectivity index (χ4v) is 6.52. The highest BCUT2D eigenvalue weighted by molar-refractivity contribution is 6.02. The van der Waals surface area contributed by atoms with Gasteiger partial charge in [0.25, 0.3) is 0 Å². The smallest absolute Gasteiger partial charge is 0.150 e. The molecule has 0 spiro atoms. The first-order valence-electron chi connectivity index (χ1n) is 15.1. The molecule has 0 atom stereocenters. The van der Waals surface area contributed by atoms with Gasteiger partial charge in [0, 0.05) is 44.1 Å². The number of para-hydroxylation sites is 1. The van der Waals surface area contributed by atoms with Crippen molar-refractivity contribution in [1.29, 1.82) is 0 Å². The van der Waals surface area contributed by atoms with Crippen molar-refractivity contribution < 1.29 is 0 Å². The van der Waals surface area contributed by atoms with Crippen molar-refractivity contribution in [2.75, 3.05) is 18.8 Å². The van der Waals surface area contributed by atoms with Gasteiger partial charge in [0.15, 0.2) is 0 Å². The predicted molar refractivity (Wildman–Crippen MR) is 170 cm³/mol. The van der Waals surface area contributed by atoms with Crippen LogP contribution < -0.4 is 11.5 Å². The summed E-state index contributed by atoms with van der Waals surface area (Å²) >= 11 is 0. The quantitative estimate of drug-likeness (QED) is 0.229. The molecule has 214 valence electrons. The van der Waals surface area contributed by atoms with Crippen LogP contribution in [0.1, 0.15) is 54.7 Å². The second kappa shape index (κ2) is 10.9. The van der Waals surface area contributed by atoms with Crippen LogP contribution in [0.15, 0.2) is 60.8 Å². The Kier molecular flexibility index (Phi) is 6.88. The third kappa shape index (κ3) is 4.70. The van der Waals surface area contributed by atoms with Gasteiger partial charge in [0.05, 0.1) is 22.9 Å². The molecule has 0 amide bonds. The number of nitrogens with zero attached hydrogens (tertiary/aromatic N) is 5. The number of aryl methyl sites for hydroxylation is 2. The Morgan fingerprint density at radius 3 is 2.57 bits per heavy atom. The van der Waals surface area contributed by atoms with E-state index in [1.165, 1.54) is 16.5 Å². The van der Waals surface area contributed by atoms with E-state index in [1.54, 1.807) is 0 Å². The minimum Gasteiger partial charge on any atom is -0.382 e. The van der Waals surface area contributed by atoms with Crippen molar-refractivity contribution >= 4 is 33.1 Å². The number of likely N-dealkylation sites (tertiary alicyclic amines) is 1. The van der Waals surface area contributed by atoms with Crippen LogP contribution >= 0.6 is 0 Å². The monoisotopic (exact) mass is 558 g/mol. The van der Waals surface area contributed by atoms with Crippen LogP contribution in [0, 0.1) is 6.92 Å².